The summed E-state index contributed by atoms with van der Waals surface area (Å²) in [6, 6.07) is -8.78. The Kier molecular flexibility index (Phi) is 53.9. The Hall–Kier alpha value is -8.45. The zero-order valence-corrected chi connectivity index (χ0v) is 80.7. The van der Waals surface area contributed by atoms with E-state index in [2.05, 4.69) is 95.3 Å². The van der Waals surface area contributed by atoms with Gasteiger partial charge >= 0.3 is 41.5 Å². The van der Waals surface area contributed by atoms with Crippen molar-refractivity contribution in [2.45, 2.75) is 336 Å². The fraction of sp³-hybridized carbons (Fsp3) is 0.840. The normalized spacial score (nSPS) is 38.0. The largest absolute Gasteiger partial charge is 1.00 e. The molecule has 20 unspecified atom stereocenters. The Labute approximate surface area is 814 Å². The van der Waals surface area contributed by atoms with Crippen LogP contribution in [-0.4, -0.2) is 423 Å². The fourth-order valence-corrected chi connectivity index (χ4v) is 15.4. The molecular formula is C75H123N20NaO41S. The number of nitrogens with zero attached hydrogens (tertiary/aromatic N) is 12. The van der Waals surface area contributed by atoms with Gasteiger partial charge in [0.15, 0.2) is 44.0 Å². The summed E-state index contributed by atoms with van der Waals surface area (Å²) in [5.74, 6) is -4.64. The molecule has 13 heterocycles. The molecule has 8 amide bonds. The number of ether oxygens (including phenoxy) is 15. The van der Waals surface area contributed by atoms with E-state index in [4.69, 9.17) is 114 Å². The monoisotopic (exact) mass is 2010 g/mol. The minimum absolute atomic E-state index is 0. The van der Waals surface area contributed by atoms with Crippen LogP contribution in [0, 0.1) is 11.8 Å². The SMILES string of the molecule is CC(=O)C(=O)S.CC(=O)NC1C(O)OC(CO)[C@@H](C)[C@@H]1O.CC(=O)NC1C(O)OC(CO)[C@@H](N=[N+]=[N-])[C@@H]1O.CC(=O)NC1C(O)OC(CO)[C@@H](O)[C@@H]1O.CC(=O)NC1[C@@H]2OCC(O2)[C@@H](N=[N+]=[N-])[C@H]1O.CC(=O)NC1[C@@H]2OCC(O2)[C@@H](N=[N+]=[N-])[C@H]1OC(C)=O.CC(=O)NC1[C@@H]2OCC(O2)[C@@H](O)[C@H]1O.CC(=O)NC1[C@@H]2OCC(O2)[C@@H]2O[C@@H]12.CCC1OC(OC(C)=O)C(NC(C)=O)[C@@H](C)[C@@H]1N=[N+]=[N-].C[O-].[Na+]. The Balaban J connectivity index is 0.000000402. The van der Waals surface area contributed by atoms with Gasteiger partial charge in [-0.05, 0) is 34.5 Å². The predicted octanol–water partition coefficient (Wildman–Crippen LogP) is -13.0. The molecule has 21 N–H and O–H groups in total. The van der Waals surface area contributed by atoms with Crippen LogP contribution in [0.25, 0.3) is 41.8 Å². The summed E-state index contributed by atoms with van der Waals surface area (Å²) in [6.07, 6.45) is -19.8. The number of Topliss-reactive ketones (excluding diaryl/α,β-unsaturated/α-hetero) is 1. The zero-order valence-electron chi connectivity index (χ0n) is 77.8. The van der Waals surface area contributed by atoms with E-state index in [1.54, 1.807) is 6.92 Å². The number of ketones is 1. The van der Waals surface area contributed by atoms with E-state index in [1.165, 1.54) is 76.2 Å². The Morgan fingerprint density at radius 3 is 1.12 bits per heavy atom. The van der Waals surface area contributed by atoms with Gasteiger partial charge in [-0.2, -0.15) is 7.11 Å². The number of esters is 2. The van der Waals surface area contributed by atoms with E-state index in [0.29, 0.717) is 13.0 Å². The summed E-state index contributed by atoms with van der Waals surface area (Å²) in [4.78, 5) is 140. The van der Waals surface area contributed by atoms with E-state index in [-0.39, 0.29) is 140 Å². The molecule has 0 saturated carbocycles. The Morgan fingerprint density at radius 2 is 0.681 bits per heavy atom. The second-order valence-electron chi connectivity index (χ2n) is 32.1. The molecule has 0 radical (unpaired) electrons. The number of rotatable bonds is 19. The van der Waals surface area contributed by atoms with Gasteiger partial charge in [-0.3, -0.25) is 57.5 Å². The first-order valence-corrected chi connectivity index (χ1v) is 42.8. The molecule has 0 spiro atoms. The van der Waals surface area contributed by atoms with Gasteiger partial charge in [-0.1, -0.05) is 53.9 Å². The minimum Gasteiger partial charge on any atom is -0.857 e. The second kappa shape index (κ2) is 60.1. The molecule has 61 nitrogen and oxygen atoms in total. The molecule has 63 heteroatoms. The second-order valence-corrected chi connectivity index (χ2v) is 32.5. The van der Waals surface area contributed by atoms with Crippen molar-refractivity contribution >= 4 is 82.7 Å². The van der Waals surface area contributed by atoms with Gasteiger partial charge in [0.25, 0.3) is 5.12 Å². The molecule has 138 heavy (non-hydrogen) atoms. The van der Waals surface area contributed by atoms with E-state index in [1.807, 2.05) is 13.8 Å². The number of epoxide rings is 1. The summed E-state index contributed by atoms with van der Waals surface area (Å²) >= 11 is 3.20. The van der Waals surface area contributed by atoms with Crippen LogP contribution >= 0.6 is 12.6 Å². The first kappa shape index (κ1) is 124. The molecule has 0 aromatic heterocycles. The number of hydrogen-bond donors (Lipinski definition) is 22. The van der Waals surface area contributed by atoms with Gasteiger partial charge in [-0.25, -0.2) is 0 Å². The number of azide groups is 4. The quantitative estimate of drug-likeness (QED) is 0.00834. The minimum atomic E-state index is -1.48. The summed E-state index contributed by atoms with van der Waals surface area (Å²) in [7, 11) is 0.750. The van der Waals surface area contributed by atoms with E-state index in [9.17, 15) is 109 Å². The molecule has 13 aliphatic heterocycles. The van der Waals surface area contributed by atoms with Gasteiger partial charge < -0.3 is 185 Å². The third-order valence-corrected chi connectivity index (χ3v) is 22.1. The van der Waals surface area contributed by atoms with Crippen LogP contribution in [0.2, 0.25) is 0 Å². The smallest absolute Gasteiger partial charge is 0.857 e. The molecule has 8 bridgehead atoms. The number of carbonyl (C=O) groups is 12. The van der Waals surface area contributed by atoms with Crippen LogP contribution in [0.15, 0.2) is 20.5 Å². The van der Waals surface area contributed by atoms with Crippen LogP contribution in [0.5, 0.6) is 0 Å². The number of hydrogen-bond acceptors (Lipinski definition) is 45. The molecule has 13 aliphatic rings. The molecule has 13 rings (SSSR count). The molecule has 0 aromatic carbocycles. The summed E-state index contributed by atoms with van der Waals surface area (Å²) in [6.45, 7) is 19.7. The fourth-order valence-electron chi connectivity index (χ4n) is 15.4. The maximum Gasteiger partial charge on any atom is 1.00 e. The van der Waals surface area contributed by atoms with Gasteiger partial charge in [0, 0.05) is 102 Å². The van der Waals surface area contributed by atoms with E-state index >= 15 is 0 Å². The average molecular weight is 2020 g/mol. The van der Waals surface area contributed by atoms with Gasteiger partial charge in [-0.15, -0.1) is 0 Å². The Morgan fingerprint density at radius 1 is 0.355 bits per heavy atom. The van der Waals surface area contributed by atoms with Crippen molar-refractivity contribution in [2.75, 3.05) is 53.4 Å². The number of aliphatic hydroxyl groups excluding tert-OH is 13. The van der Waals surface area contributed by atoms with Crippen LogP contribution in [-0.2, 0) is 129 Å². The number of amides is 8. The van der Waals surface area contributed by atoms with Crippen LogP contribution in [0.4, 0.5) is 0 Å². The van der Waals surface area contributed by atoms with Crippen molar-refractivity contribution in [3.8, 4) is 0 Å². The average Bonchev–Trinajstić information content (AvgIpc) is 1.58. The molecule has 13 fully saturated rings. The van der Waals surface area contributed by atoms with Gasteiger partial charge in [0.05, 0.1) is 119 Å². The van der Waals surface area contributed by atoms with Crippen molar-refractivity contribution in [3.63, 3.8) is 0 Å². The number of carbonyl (C=O) groups excluding carboxylic acids is 12. The number of fused-ring (bicyclic) bond motifs is 10. The van der Waals surface area contributed by atoms with E-state index < -0.39 is 244 Å². The van der Waals surface area contributed by atoms with Crippen LogP contribution in [0.3, 0.4) is 0 Å². The number of nitrogens with one attached hydrogen (secondary N) is 8. The maximum absolute atomic E-state index is 11.3. The van der Waals surface area contributed by atoms with E-state index in [0.717, 1.165) is 7.11 Å². The van der Waals surface area contributed by atoms with Crippen molar-refractivity contribution in [2.24, 2.45) is 32.3 Å². The molecule has 0 aromatic rings. The van der Waals surface area contributed by atoms with Crippen molar-refractivity contribution < 1.29 is 230 Å². The van der Waals surface area contributed by atoms with Crippen molar-refractivity contribution in [3.05, 3.63) is 41.8 Å². The first-order valence-electron chi connectivity index (χ1n) is 42.3. The standard InChI is InChI=1S/C12H20N4O4.C10H14N4O5.C9H17NO5.C8H14N4O5.C8H12N4O4.C8H15NO6.C8H13NO5.C8H11NO4.C3H4O2S.CH3O.Na/c1-5-9-10(15-16-13)6(2)11(14-7(3)17)12(20-9)19-8(4)18;1-4(15)12-8-9(18-5(2)16)7(13-14-11)6-3-17-10(8)19-6;1-4-6(3-11)15-9(14)7(8(4)13)10-5(2)12;1-3(14)10-6-7(15)5(11-12-9)4(2-13)17-8(6)16;1-3(13)10-6-7(14)5(11-12-9)4-2-15-8(6)16-4;1-3(11)9-5-7(13)6(12)4(2-10)15-8(5)14;1-3(10)9-5-7(12)6(11)4-2-13-8(5)14-4;1-3(10)9-5-7-6(13-7)4-2-11-8(5)12-4;1-2(4)3(5)6;1-2;/h6,9-12H,5H2,1-4H3,(H,14,17);6-10H,3H2,1-2H3,(H,12,15);4,6-9,11,13-14H,3H2,1-2H3,(H,10,12);4-8,13,15-16H,2H2,1H3,(H,10,14);4-8,14H,2H2,1H3,(H,10,13);4-8,10,12-14H,2H2,1H3,(H,9,11);4-8,11-12H,2H2,1H3,(H,9,10);4-8H,2H2,1H3,(H,9,10);1H3,(H,5,6);1H3;/q;;;;;;;;;-1;+1/t6-,9?,10-,11?,12?;6?,7-,8?,9-,10-;4-,6?,7?,8+,9?;4?,5-,6?,7+,8?;4?,5-,6?,7-,8-;4?,5?,6-,7-,8?;4?,5?,6-,7+,8-;4?,5?,6-,7-,8+;;;/m01111110.../s1. The van der Waals surface area contributed by atoms with Crippen molar-refractivity contribution in [1.29, 1.82) is 0 Å². The Bertz CT molecular complexity index is 4130. The molecule has 776 valence electrons. The molecule has 0 aliphatic carbocycles. The summed E-state index contributed by atoms with van der Waals surface area (Å²) in [5, 5.41) is 165. The number of thiol groups is 1. The molecule has 40 atom stereocenters. The third kappa shape index (κ3) is 36.2. The third-order valence-electron chi connectivity index (χ3n) is 21.8. The maximum atomic E-state index is 11.3. The first-order chi connectivity index (χ1) is 64.5. The molecule has 13 saturated heterocycles. The van der Waals surface area contributed by atoms with Crippen molar-refractivity contribution in [1.82, 2.24) is 42.5 Å². The van der Waals surface area contributed by atoms with Crippen LogP contribution < -0.4 is 77.2 Å². The van der Waals surface area contributed by atoms with Gasteiger partial charge in [0.1, 0.15) is 109 Å². The predicted molar refractivity (Wildman–Crippen MR) is 451 cm³/mol. The number of aliphatic hydroxyl groups is 13. The zero-order chi connectivity index (χ0) is 104. The molecular weight excluding hydrogens is 1890 g/mol. The topological polar surface area (TPSA) is 924 Å². The summed E-state index contributed by atoms with van der Waals surface area (Å²) in [5.41, 5.74) is 34.0. The summed E-state index contributed by atoms with van der Waals surface area (Å²) < 4.78 is 79.0. The van der Waals surface area contributed by atoms with Crippen LogP contribution in [0.1, 0.15) is 103 Å². The van der Waals surface area contributed by atoms with Gasteiger partial charge in [0.2, 0.25) is 59.3 Å².